The normalized spacial score (nSPS) is 24.9. The Bertz CT molecular complexity index is 512. The third kappa shape index (κ3) is 6.18. The number of carbonyl (C=O) groups excluding carboxylic acids is 2. The van der Waals surface area contributed by atoms with Crippen molar-refractivity contribution in [2.24, 2.45) is 10.9 Å². The van der Waals surface area contributed by atoms with E-state index < -0.39 is 0 Å². The fourth-order valence-corrected chi connectivity index (χ4v) is 3.66. The minimum atomic E-state index is -0.00538. The zero-order valence-corrected chi connectivity index (χ0v) is 16.8. The summed E-state index contributed by atoms with van der Waals surface area (Å²) in [4.78, 5) is 31.4. The Morgan fingerprint density at radius 2 is 1.73 bits per heavy atom. The van der Waals surface area contributed by atoms with Gasteiger partial charge in [0.2, 0.25) is 11.8 Å². The van der Waals surface area contributed by atoms with Gasteiger partial charge in [-0.05, 0) is 31.6 Å². The summed E-state index contributed by atoms with van der Waals surface area (Å²) in [6.45, 7) is 5.60. The molecule has 1 saturated heterocycles. The first-order chi connectivity index (χ1) is 12.4. The van der Waals surface area contributed by atoms with E-state index in [0.717, 1.165) is 38.3 Å². The molecule has 1 saturated carbocycles. The van der Waals surface area contributed by atoms with Crippen molar-refractivity contribution < 1.29 is 9.59 Å². The van der Waals surface area contributed by atoms with E-state index in [0.29, 0.717) is 12.0 Å². The molecule has 2 rings (SSSR count). The maximum absolute atomic E-state index is 11.9. The molecule has 2 atom stereocenters. The molecule has 0 radical (unpaired) electrons. The summed E-state index contributed by atoms with van der Waals surface area (Å²) in [5.41, 5.74) is 0. The largest absolute Gasteiger partial charge is 0.354 e. The van der Waals surface area contributed by atoms with Crippen molar-refractivity contribution in [3.8, 4) is 0 Å². The highest BCUT2D eigenvalue weighted by Gasteiger charge is 2.25. The Balaban J connectivity index is 1.97. The van der Waals surface area contributed by atoms with Crippen molar-refractivity contribution in [3.63, 3.8) is 0 Å². The average Bonchev–Trinajstić information content (AvgIpc) is 2.61. The van der Waals surface area contributed by atoms with Crippen molar-refractivity contribution >= 4 is 17.8 Å². The van der Waals surface area contributed by atoms with Crippen LogP contribution in [0.25, 0.3) is 0 Å². The molecule has 148 valence electrons. The topological polar surface area (TPSA) is 77.0 Å². The van der Waals surface area contributed by atoms with E-state index in [1.165, 1.54) is 19.3 Å². The maximum Gasteiger partial charge on any atom is 0.243 e. The van der Waals surface area contributed by atoms with Gasteiger partial charge in [0.05, 0.1) is 0 Å². The van der Waals surface area contributed by atoms with Crippen molar-refractivity contribution in [2.75, 3.05) is 33.7 Å². The number of aliphatic imine (C=N–C) groups is 1. The summed E-state index contributed by atoms with van der Waals surface area (Å²) in [5.74, 6) is 1.48. The van der Waals surface area contributed by atoms with Gasteiger partial charge < -0.3 is 20.4 Å². The van der Waals surface area contributed by atoms with Gasteiger partial charge in [0.25, 0.3) is 0 Å². The lowest BCUT2D eigenvalue weighted by Crippen LogP contribution is -2.53. The van der Waals surface area contributed by atoms with Gasteiger partial charge in [-0.15, -0.1) is 0 Å². The molecule has 7 heteroatoms. The summed E-state index contributed by atoms with van der Waals surface area (Å²) in [6.07, 6.45) is 6.72. The smallest absolute Gasteiger partial charge is 0.243 e. The van der Waals surface area contributed by atoms with E-state index in [1.54, 1.807) is 25.9 Å². The van der Waals surface area contributed by atoms with E-state index in [4.69, 9.17) is 0 Å². The Morgan fingerprint density at radius 1 is 1.08 bits per heavy atom. The van der Waals surface area contributed by atoms with Crippen LogP contribution in [0.1, 0.15) is 52.4 Å². The second kappa shape index (κ2) is 9.78. The van der Waals surface area contributed by atoms with E-state index in [-0.39, 0.29) is 24.4 Å². The van der Waals surface area contributed by atoms with Crippen molar-refractivity contribution in [2.45, 2.75) is 64.5 Å². The molecule has 1 heterocycles. The summed E-state index contributed by atoms with van der Waals surface area (Å²) in [5, 5.41) is 7.08. The highest BCUT2D eigenvalue weighted by Crippen LogP contribution is 2.23. The quantitative estimate of drug-likeness (QED) is 0.580. The number of piperidine rings is 1. The predicted molar refractivity (Wildman–Crippen MR) is 104 cm³/mol. The van der Waals surface area contributed by atoms with Gasteiger partial charge in [0.15, 0.2) is 5.96 Å². The molecular weight excluding hydrogens is 330 g/mol. The fourth-order valence-electron chi connectivity index (χ4n) is 3.66. The van der Waals surface area contributed by atoms with E-state index >= 15 is 0 Å². The summed E-state index contributed by atoms with van der Waals surface area (Å²) in [7, 11) is 3.50. The van der Waals surface area contributed by atoms with Crippen molar-refractivity contribution in [1.82, 2.24) is 20.4 Å². The molecule has 0 aromatic rings. The third-order valence-electron chi connectivity index (χ3n) is 5.59. The van der Waals surface area contributed by atoms with E-state index in [2.05, 4.69) is 22.5 Å². The number of likely N-dealkylation sites (tertiary alicyclic amines) is 1. The van der Waals surface area contributed by atoms with Crippen LogP contribution in [-0.2, 0) is 9.59 Å². The molecule has 0 spiro atoms. The lowest BCUT2D eigenvalue weighted by atomic mass is 9.86. The van der Waals surface area contributed by atoms with E-state index in [9.17, 15) is 9.59 Å². The molecule has 2 aliphatic rings. The monoisotopic (exact) mass is 365 g/mol. The number of carbonyl (C=O) groups is 2. The molecule has 1 aliphatic carbocycles. The fraction of sp³-hybridized carbons (Fsp3) is 0.842. The first-order valence-electron chi connectivity index (χ1n) is 9.90. The zero-order chi connectivity index (χ0) is 19.1. The molecule has 2 N–H and O–H groups in total. The number of amides is 2. The SMILES string of the molecule is CC(=O)N1CCC(NC(=NCC(=O)N(C)C)NC2CCCCC2C)CC1. The zero-order valence-electron chi connectivity index (χ0n) is 16.8. The Morgan fingerprint density at radius 3 is 2.31 bits per heavy atom. The lowest BCUT2D eigenvalue weighted by Gasteiger charge is -2.35. The minimum absolute atomic E-state index is 0.00538. The minimum Gasteiger partial charge on any atom is -0.354 e. The predicted octanol–water partition coefficient (Wildman–Crippen LogP) is 1.20. The van der Waals surface area contributed by atoms with Gasteiger partial charge in [-0.25, -0.2) is 4.99 Å². The molecular formula is C19H35N5O2. The number of guanidine groups is 1. The van der Waals surface area contributed by atoms with Crippen LogP contribution in [0.15, 0.2) is 4.99 Å². The second-order valence-corrected chi connectivity index (χ2v) is 7.89. The van der Waals surface area contributed by atoms with Gasteiger partial charge in [-0.1, -0.05) is 19.8 Å². The molecule has 7 nitrogen and oxygen atoms in total. The summed E-state index contributed by atoms with van der Waals surface area (Å²) < 4.78 is 0. The summed E-state index contributed by atoms with van der Waals surface area (Å²) in [6, 6.07) is 0.687. The molecule has 2 amide bonds. The van der Waals surface area contributed by atoms with Crippen LogP contribution in [0, 0.1) is 5.92 Å². The van der Waals surface area contributed by atoms with E-state index in [1.807, 2.05) is 4.90 Å². The van der Waals surface area contributed by atoms with Crippen LogP contribution in [0.2, 0.25) is 0 Å². The van der Waals surface area contributed by atoms with Crippen LogP contribution in [0.5, 0.6) is 0 Å². The Labute approximate surface area is 157 Å². The van der Waals surface area contributed by atoms with Gasteiger partial charge in [-0.3, -0.25) is 9.59 Å². The standard InChI is InChI=1S/C19H35N5O2/c1-14-7-5-6-8-17(14)22-19(20-13-18(26)23(3)4)21-16-9-11-24(12-10-16)15(2)25/h14,16-17H,5-13H2,1-4H3,(H2,20,21,22). The van der Waals surface area contributed by atoms with Crippen LogP contribution in [0.4, 0.5) is 0 Å². The Kier molecular flexibility index (Phi) is 7.72. The number of rotatable bonds is 4. The number of hydrogen-bond acceptors (Lipinski definition) is 3. The second-order valence-electron chi connectivity index (χ2n) is 7.89. The number of nitrogens with zero attached hydrogens (tertiary/aromatic N) is 3. The molecule has 1 aliphatic heterocycles. The molecule has 26 heavy (non-hydrogen) atoms. The maximum atomic E-state index is 11.9. The van der Waals surface area contributed by atoms with Gasteiger partial charge >= 0.3 is 0 Å². The number of hydrogen-bond donors (Lipinski definition) is 2. The number of likely N-dealkylation sites (N-methyl/N-ethyl adjacent to an activating group) is 1. The van der Waals surface area contributed by atoms with Gasteiger partial charge in [0, 0.05) is 46.2 Å². The van der Waals surface area contributed by atoms with Crippen LogP contribution < -0.4 is 10.6 Å². The third-order valence-corrected chi connectivity index (χ3v) is 5.59. The van der Waals surface area contributed by atoms with Gasteiger partial charge in [-0.2, -0.15) is 0 Å². The van der Waals surface area contributed by atoms with Crippen LogP contribution in [0.3, 0.4) is 0 Å². The first kappa shape index (κ1) is 20.5. The molecule has 0 aromatic carbocycles. The van der Waals surface area contributed by atoms with Gasteiger partial charge in [0.1, 0.15) is 6.54 Å². The van der Waals surface area contributed by atoms with Crippen molar-refractivity contribution in [3.05, 3.63) is 0 Å². The molecule has 2 unspecified atom stereocenters. The molecule has 0 bridgehead atoms. The molecule has 2 fully saturated rings. The average molecular weight is 366 g/mol. The Hall–Kier alpha value is -1.79. The first-order valence-corrected chi connectivity index (χ1v) is 9.90. The van der Waals surface area contributed by atoms with Crippen LogP contribution in [-0.4, -0.2) is 73.4 Å². The summed E-state index contributed by atoms with van der Waals surface area (Å²) >= 11 is 0. The number of nitrogens with one attached hydrogen (secondary N) is 2. The van der Waals surface area contributed by atoms with Crippen molar-refractivity contribution in [1.29, 1.82) is 0 Å². The highest BCUT2D eigenvalue weighted by atomic mass is 16.2. The van der Waals surface area contributed by atoms with Crippen LogP contribution >= 0.6 is 0 Å². The highest BCUT2D eigenvalue weighted by molar-refractivity contribution is 5.85. The molecule has 0 aromatic heterocycles. The lowest BCUT2D eigenvalue weighted by molar-refractivity contribution is -0.130.